The molecule has 4 heteroatoms. The molecule has 0 radical (unpaired) electrons. The van der Waals surface area contributed by atoms with E-state index in [1.807, 2.05) is 43.3 Å². The van der Waals surface area contributed by atoms with Gasteiger partial charge in [0.15, 0.2) is 0 Å². The van der Waals surface area contributed by atoms with E-state index in [4.69, 9.17) is 9.41 Å². The number of anilines is 1. The first-order chi connectivity index (χ1) is 14.1. The first-order valence-electron chi connectivity index (χ1n) is 10.2. The number of nitrogens with zero attached hydrogens (tertiary/aromatic N) is 1. The quantitative estimate of drug-likeness (QED) is 0.598. The lowest BCUT2D eigenvalue weighted by molar-refractivity contribution is -0.122. The smallest absolute Gasteiger partial charge is 0.144 e. The number of furan rings is 1. The van der Waals surface area contributed by atoms with Gasteiger partial charge in [0.25, 0.3) is 0 Å². The van der Waals surface area contributed by atoms with Gasteiger partial charge >= 0.3 is 0 Å². The monoisotopic (exact) mass is 384 g/mol. The Morgan fingerprint density at radius 1 is 1.00 bits per heavy atom. The van der Waals surface area contributed by atoms with Gasteiger partial charge in [-0.1, -0.05) is 36.4 Å². The van der Waals surface area contributed by atoms with Crippen molar-refractivity contribution >= 4 is 22.9 Å². The van der Waals surface area contributed by atoms with Crippen molar-refractivity contribution in [1.29, 1.82) is 0 Å². The van der Waals surface area contributed by atoms with Crippen LogP contribution in [0.3, 0.4) is 0 Å². The molecule has 4 nitrogen and oxygen atoms in total. The fraction of sp³-hybridized carbons (Fsp3) is 0.280. The van der Waals surface area contributed by atoms with Crippen molar-refractivity contribution in [3.8, 4) is 0 Å². The highest BCUT2D eigenvalue weighted by atomic mass is 16.3. The standard InChI is InChI=1S/C25H24N2O2/c1-15-8-10-19-20(12-15)27-25(23-11-9-16(2)29-23)24-21(26-19)13-18(14-22(24)28)17-6-4-3-5-7-17/h3-12,18,24-25,27H,13-14H2,1-2H3. The van der Waals surface area contributed by atoms with Crippen LogP contribution >= 0.6 is 0 Å². The number of hydrogen-bond acceptors (Lipinski definition) is 4. The molecule has 1 saturated carbocycles. The Labute approximate surface area is 170 Å². The van der Waals surface area contributed by atoms with Crippen LogP contribution in [-0.2, 0) is 4.79 Å². The molecule has 1 aromatic heterocycles. The predicted octanol–water partition coefficient (Wildman–Crippen LogP) is 5.90. The molecule has 1 aliphatic heterocycles. The van der Waals surface area contributed by atoms with Crippen molar-refractivity contribution in [2.24, 2.45) is 10.9 Å². The van der Waals surface area contributed by atoms with Gasteiger partial charge in [-0.05, 0) is 61.6 Å². The van der Waals surface area contributed by atoms with Crippen molar-refractivity contribution in [3.05, 3.63) is 83.3 Å². The van der Waals surface area contributed by atoms with Crippen LogP contribution in [0.2, 0.25) is 0 Å². The Hall–Kier alpha value is -3.14. The maximum Gasteiger partial charge on any atom is 0.144 e. The van der Waals surface area contributed by atoms with Gasteiger partial charge in [0.05, 0.1) is 23.3 Å². The van der Waals surface area contributed by atoms with Gasteiger partial charge in [-0.2, -0.15) is 0 Å². The van der Waals surface area contributed by atoms with E-state index >= 15 is 0 Å². The molecule has 3 atom stereocenters. The Kier molecular flexibility index (Phi) is 4.35. The average Bonchev–Trinajstić information content (AvgIpc) is 3.07. The van der Waals surface area contributed by atoms with E-state index in [0.29, 0.717) is 6.42 Å². The number of ketones is 1. The first-order valence-corrected chi connectivity index (χ1v) is 10.2. The highest BCUT2D eigenvalue weighted by molar-refractivity contribution is 6.10. The lowest BCUT2D eigenvalue weighted by atomic mass is 9.73. The van der Waals surface area contributed by atoms with Gasteiger partial charge in [-0.3, -0.25) is 9.79 Å². The summed E-state index contributed by atoms with van der Waals surface area (Å²) in [5.41, 5.74) is 5.15. The molecule has 2 aliphatic rings. The Balaban J connectivity index is 1.61. The normalized spacial score (nSPS) is 23.4. The summed E-state index contributed by atoms with van der Waals surface area (Å²) in [6.45, 7) is 4.00. The van der Waals surface area contributed by atoms with Crippen LogP contribution in [0.25, 0.3) is 0 Å². The summed E-state index contributed by atoms with van der Waals surface area (Å²) < 4.78 is 5.96. The molecule has 1 aliphatic carbocycles. The number of fused-ring (bicyclic) bond motifs is 2. The molecular weight excluding hydrogens is 360 g/mol. The fourth-order valence-corrected chi connectivity index (χ4v) is 4.59. The van der Waals surface area contributed by atoms with Gasteiger partial charge in [-0.25, -0.2) is 0 Å². The van der Waals surface area contributed by atoms with E-state index < -0.39 is 0 Å². The van der Waals surface area contributed by atoms with Gasteiger partial charge in [0.1, 0.15) is 17.3 Å². The second-order valence-corrected chi connectivity index (χ2v) is 8.15. The van der Waals surface area contributed by atoms with Crippen LogP contribution in [0.15, 0.2) is 70.1 Å². The van der Waals surface area contributed by atoms with E-state index in [1.165, 1.54) is 5.56 Å². The van der Waals surface area contributed by atoms with E-state index in [2.05, 4.69) is 36.5 Å². The van der Waals surface area contributed by atoms with Gasteiger partial charge in [0.2, 0.25) is 0 Å². The molecule has 146 valence electrons. The SMILES string of the molecule is Cc1ccc2c(c1)NC(c1ccc(C)o1)C1C(=O)CC(c3ccccc3)CC1=N2. The molecule has 5 rings (SSSR count). The molecule has 0 bridgehead atoms. The van der Waals surface area contributed by atoms with Crippen molar-refractivity contribution < 1.29 is 9.21 Å². The average molecular weight is 384 g/mol. The zero-order valence-electron chi connectivity index (χ0n) is 16.7. The number of rotatable bonds is 2. The maximum absolute atomic E-state index is 13.4. The summed E-state index contributed by atoms with van der Waals surface area (Å²) >= 11 is 0. The number of benzene rings is 2. The summed E-state index contributed by atoms with van der Waals surface area (Å²) in [6.07, 6.45) is 1.31. The van der Waals surface area contributed by atoms with E-state index in [9.17, 15) is 4.79 Å². The van der Waals surface area contributed by atoms with Gasteiger partial charge in [-0.15, -0.1) is 0 Å². The van der Waals surface area contributed by atoms with E-state index in [1.54, 1.807) is 0 Å². The third-order valence-electron chi connectivity index (χ3n) is 6.01. The van der Waals surface area contributed by atoms with Crippen LogP contribution in [0.4, 0.5) is 11.4 Å². The van der Waals surface area contributed by atoms with Crippen LogP contribution in [0, 0.1) is 19.8 Å². The molecule has 3 aromatic rings. The lowest BCUT2D eigenvalue weighted by Crippen LogP contribution is -2.38. The number of Topliss-reactive ketones (excluding diaryl/α,β-unsaturated/α-hetero) is 1. The third kappa shape index (κ3) is 3.29. The molecule has 1 N–H and O–H groups in total. The van der Waals surface area contributed by atoms with Crippen molar-refractivity contribution in [2.75, 3.05) is 5.32 Å². The second-order valence-electron chi connectivity index (χ2n) is 8.15. The summed E-state index contributed by atoms with van der Waals surface area (Å²) in [4.78, 5) is 18.4. The predicted molar refractivity (Wildman–Crippen MR) is 115 cm³/mol. The number of carbonyl (C=O) groups is 1. The molecule has 0 amide bonds. The topological polar surface area (TPSA) is 54.6 Å². The highest BCUT2D eigenvalue weighted by Gasteiger charge is 2.42. The Morgan fingerprint density at radius 3 is 2.59 bits per heavy atom. The molecule has 2 heterocycles. The fourth-order valence-electron chi connectivity index (χ4n) is 4.59. The van der Waals surface area contributed by atoms with Crippen LogP contribution < -0.4 is 5.32 Å². The highest BCUT2D eigenvalue weighted by Crippen LogP contribution is 2.44. The molecular formula is C25H24N2O2. The lowest BCUT2D eigenvalue weighted by Gasteiger charge is -2.32. The number of nitrogens with one attached hydrogen (secondary N) is 1. The third-order valence-corrected chi connectivity index (χ3v) is 6.01. The number of hydrogen-bond donors (Lipinski definition) is 1. The molecule has 29 heavy (non-hydrogen) atoms. The number of aryl methyl sites for hydroxylation is 2. The van der Waals surface area contributed by atoms with E-state index in [-0.39, 0.29) is 23.7 Å². The molecule has 1 fully saturated rings. The minimum absolute atomic E-state index is 0.171. The molecule has 2 aromatic carbocycles. The summed E-state index contributed by atoms with van der Waals surface area (Å²) in [5, 5.41) is 3.58. The van der Waals surface area contributed by atoms with Crippen molar-refractivity contribution in [1.82, 2.24) is 0 Å². The van der Waals surface area contributed by atoms with E-state index in [0.717, 1.165) is 40.6 Å². The van der Waals surface area contributed by atoms with Crippen LogP contribution in [0.5, 0.6) is 0 Å². The molecule has 3 unspecified atom stereocenters. The summed E-state index contributed by atoms with van der Waals surface area (Å²) in [6, 6.07) is 20.2. The van der Waals surface area contributed by atoms with Crippen LogP contribution in [-0.4, -0.2) is 11.5 Å². The van der Waals surface area contributed by atoms with Crippen LogP contribution in [0.1, 0.15) is 47.4 Å². The zero-order valence-corrected chi connectivity index (χ0v) is 16.7. The maximum atomic E-state index is 13.4. The summed E-state index contributed by atoms with van der Waals surface area (Å²) in [7, 11) is 0. The zero-order chi connectivity index (χ0) is 20.0. The molecule has 0 spiro atoms. The number of aliphatic imine (C=N–C) groups is 1. The van der Waals surface area contributed by atoms with Gasteiger partial charge in [0, 0.05) is 12.1 Å². The Morgan fingerprint density at radius 2 is 1.83 bits per heavy atom. The van der Waals surface area contributed by atoms with Crippen molar-refractivity contribution in [3.63, 3.8) is 0 Å². The number of carbonyl (C=O) groups excluding carboxylic acids is 1. The van der Waals surface area contributed by atoms with Gasteiger partial charge < -0.3 is 9.73 Å². The second kappa shape index (κ2) is 7.03. The minimum Gasteiger partial charge on any atom is -0.464 e. The molecule has 0 saturated heterocycles. The summed E-state index contributed by atoms with van der Waals surface area (Å²) in [5.74, 6) is 1.72. The first kappa shape index (κ1) is 17.9. The largest absolute Gasteiger partial charge is 0.464 e. The van der Waals surface area contributed by atoms with Crippen molar-refractivity contribution in [2.45, 2.75) is 38.6 Å². The minimum atomic E-state index is -0.312. The Bertz CT molecular complexity index is 1100.